The minimum atomic E-state index is -5.47. The summed E-state index contributed by atoms with van der Waals surface area (Å²) in [5.74, 6) is -0.0529. The van der Waals surface area contributed by atoms with E-state index in [1.54, 1.807) is 23.1 Å². The molecular formula is C21H21F3N2O5S. The third-order valence-corrected chi connectivity index (χ3v) is 6.73. The van der Waals surface area contributed by atoms with Gasteiger partial charge in [0.15, 0.2) is 0 Å². The Balaban J connectivity index is 1.65. The van der Waals surface area contributed by atoms with Crippen molar-refractivity contribution >= 4 is 21.7 Å². The number of methoxy groups -OCH3 is 1. The predicted octanol–water partition coefficient (Wildman–Crippen LogP) is 2.90. The van der Waals surface area contributed by atoms with E-state index in [1.165, 1.54) is 12.0 Å². The Morgan fingerprint density at radius 3 is 1.81 bits per heavy atom. The molecule has 1 fully saturated rings. The number of nitrogens with zero attached hydrogens (tertiary/aromatic N) is 2. The van der Waals surface area contributed by atoms with Crippen LogP contribution in [0.25, 0.3) is 0 Å². The van der Waals surface area contributed by atoms with Crippen molar-refractivity contribution in [3.8, 4) is 5.75 Å². The number of alkyl halides is 3. The molecule has 172 valence electrons. The molecule has 2 aromatic carbocycles. The molecule has 1 aliphatic heterocycles. The zero-order valence-electron chi connectivity index (χ0n) is 17.3. The molecule has 0 N–H and O–H groups in total. The van der Waals surface area contributed by atoms with Gasteiger partial charge in [-0.1, -0.05) is 6.07 Å². The molecule has 32 heavy (non-hydrogen) atoms. The molecule has 0 saturated carbocycles. The highest BCUT2D eigenvalue weighted by molar-refractivity contribution is 7.92. The number of carbonyl (C=O) groups excluding carboxylic acids is 2. The van der Waals surface area contributed by atoms with Crippen molar-refractivity contribution in [2.45, 2.75) is 17.3 Å². The highest BCUT2D eigenvalue weighted by Gasteiger charge is 2.46. The van der Waals surface area contributed by atoms with Crippen molar-refractivity contribution in [3.05, 3.63) is 59.2 Å². The molecule has 1 saturated heterocycles. The molecule has 0 atom stereocenters. The lowest BCUT2D eigenvalue weighted by atomic mass is 10.1. The number of ether oxygens (including phenoxy) is 1. The quantitative estimate of drug-likeness (QED) is 0.686. The number of halogens is 3. The summed E-state index contributed by atoms with van der Waals surface area (Å²) < 4.78 is 66.1. The molecule has 11 heteroatoms. The number of rotatable bonds is 4. The largest absolute Gasteiger partial charge is 0.501 e. The Kier molecular flexibility index (Phi) is 6.49. The fraction of sp³-hybridized carbons (Fsp3) is 0.333. The molecule has 2 aromatic rings. The fourth-order valence-electron chi connectivity index (χ4n) is 3.34. The first-order valence-electron chi connectivity index (χ1n) is 9.60. The summed E-state index contributed by atoms with van der Waals surface area (Å²) in [6.07, 6.45) is 0. The van der Waals surface area contributed by atoms with E-state index in [-0.39, 0.29) is 37.6 Å². The highest BCUT2D eigenvalue weighted by atomic mass is 32.2. The van der Waals surface area contributed by atoms with Crippen LogP contribution in [0, 0.1) is 6.92 Å². The zero-order chi connectivity index (χ0) is 23.7. The molecule has 0 aromatic heterocycles. The van der Waals surface area contributed by atoms with E-state index in [1.807, 2.05) is 6.92 Å². The Morgan fingerprint density at radius 2 is 1.34 bits per heavy atom. The molecule has 0 radical (unpaired) electrons. The molecule has 0 spiro atoms. The van der Waals surface area contributed by atoms with E-state index in [9.17, 15) is 31.2 Å². The van der Waals surface area contributed by atoms with Crippen LogP contribution < -0.4 is 4.74 Å². The van der Waals surface area contributed by atoms with Crippen LogP contribution in [0.1, 0.15) is 26.3 Å². The first-order valence-corrected chi connectivity index (χ1v) is 11.1. The zero-order valence-corrected chi connectivity index (χ0v) is 18.2. The van der Waals surface area contributed by atoms with Crippen molar-refractivity contribution < 1.29 is 35.9 Å². The van der Waals surface area contributed by atoms with Gasteiger partial charge in [-0.25, -0.2) is 8.42 Å². The second-order valence-corrected chi connectivity index (χ2v) is 9.18. The number of hydrogen-bond donors (Lipinski definition) is 0. The number of amides is 2. The third kappa shape index (κ3) is 4.57. The number of benzene rings is 2. The lowest BCUT2D eigenvalue weighted by Gasteiger charge is -2.35. The summed E-state index contributed by atoms with van der Waals surface area (Å²) >= 11 is 0. The lowest BCUT2D eigenvalue weighted by Crippen LogP contribution is -2.50. The van der Waals surface area contributed by atoms with Crippen LogP contribution in [0.5, 0.6) is 5.75 Å². The summed E-state index contributed by atoms with van der Waals surface area (Å²) in [4.78, 5) is 27.6. The summed E-state index contributed by atoms with van der Waals surface area (Å²) in [6, 6.07) is 8.78. The average molecular weight is 470 g/mol. The molecule has 0 unspecified atom stereocenters. The van der Waals surface area contributed by atoms with Gasteiger partial charge in [0.2, 0.25) is 0 Å². The monoisotopic (exact) mass is 470 g/mol. The van der Waals surface area contributed by atoms with Crippen molar-refractivity contribution in [1.82, 2.24) is 9.80 Å². The van der Waals surface area contributed by atoms with Gasteiger partial charge in [0.1, 0.15) is 5.75 Å². The minimum Gasteiger partial charge on any atom is -0.496 e. The van der Waals surface area contributed by atoms with E-state index >= 15 is 0 Å². The van der Waals surface area contributed by atoms with Gasteiger partial charge in [-0.05, 0) is 48.9 Å². The van der Waals surface area contributed by atoms with Crippen molar-refractivity contribution in [2.75, 3.05) is 33.3 Å². The van der Waals surface area contributed by atoms with Gasteiger partial charge in [-0.3, -0.25) is 9.59 Å². The molecule has 0 aliphatic carbocycles. The summed E-state index contributed by atoms with van der Waals surface area (Å²) in [6.45, 7) is 2.89. The maximum atomic E-state index is 12.8. The van der Waals surface area contributed by atoms with Gasteiger partial charge < -0.3 is 14.5 Å². The molecule has 1 heterocycles. The van der Waals surface area contributed by atoms with E-state index in [2.05, 4.69) is 0 Å². The number of hydrogen-bond acceptors (Lipinski definition) is 5. The van der Waals surface area contributed by atoms with Gasteiger partial charge >= 0.3 is 5.51 Å². The fourth-order valence-corrected chi connectivity index (χ4v) is 4.10. The lowest BCUT2D eigenvalue weighted by molar-refractivity contribution is -0.0436. The summed E-state index contributed by atoms with van der Waals surface area (Å²) in [7, 11) is -3.95. The van der Waals surface area contributed by atoms with Gasteiger partial charge in [-0.2, -0.15) is 13.2 Å². The number of piperazine rings is 1. The van der Waals surface area contributed by atoms with Crippen LogP contribution in [0.15, 0.2) is 47.4 Å². The molecule has 1 aliphatic rings. The molecule has 0 bridgehead atoms. The van der Waals surface area contributed by atoms with Crippen LogP contribution in [0.4, 0.5) is 13.2 Å². The second-order valence-electron chi connectivity index (χ2n) is 7.24. The summed E-state index contributed by atoms with van der Waals surface area (Å²) in [5.41, 5.74) is -3.99. The van der Waals surface area contributed by atoms with Crippen molar-refractivity contribution in [1.29, 1.82) is 0 Å². The first-order chi connectivity index (χ1) is 15.0. The number of aryl methyl sites for hydroxylation is 1. The second kappa shape index (κ2) is 8.81. The Morgan fingerprint density at radius 1 is 0.875 bits per heavy atom. The van der Waals surface area contributed by atoms with Crippen LogP contribution in [-0.2, 0) is 9.84 Å². The number of carbonyl (C=O) groups is 2. The number of sulfone groups is 1. The highest BCUT2D eigenvalue weighted by Crippen LogP contribution is 2.30. The Labute approximate surface area is 183 Å². The van der Waals surface area contributed by atoms with E-state index in [0.29, 0.717) is 11.3 Å². The van der Waals surface area contributed by atoms with E-state index in [0.717, 1.165) is 29.8 Å². The maximum Gasteiger partial charge on any atom is 0.501 e. The normalized spacial score (nSPS) is 14.9. The molecule has 7 nitrogen and oxygen atoms in total. The van der Waals surface area contributed by atoms with Crippen LogP contribution in [0.2, 0.25) is 0 Å². The van der Waals surface area contributed by atoms with Crippen molar-refractivity contribution in [2.24, 2.45) is 0 Å². The standard InChI is InChI=1S/C21H21F3N2O5S/c1-14-3-4-16(13-18(14)31-2)20(28)26-11-9-25(10-12-26)19(27)15-5-7-17(8-6-15)32(29,30)21(22,23)24/h3-8,13H,9-12H2,1-2H3. The van der Waals surface area contributed by atoms with E-state index < -0.39 is 26.1 Å². The first kappa shape index (κ1) is 23.6. The molecular weight excluding hydrogens is 449 g/mol. The Bertz CT molecular complexity index is 1120. The van der Waals surface area contributed by atoms with Gasteiger partial charge in [-0.15, -0.1) is 0 Å². The van der Waals surface area contributed by atoms with Crippen LogP contribution in [0.3, 0.4) is 0 Å². The van der Waals surface area contributed by atoms with Gasteiger partial charge in [0, 0.05) is 37.3 Å². The average Bonchev–Trinajstić information content (AvgIpc) is 2.78. The smallest absolute Gasteiger partial charge is 0.496 e. The Hall–Kier alpha value is -3.08. The predicted molar refractivity (Wildman–Crippen MR) is 109 cm³/mol. The van der Waals surface area contributed by atoms with Gasteiger partial charge in [0.25, 0.3) is 21.7 Å². The third-order valence-electron chi connectivity index (χ3n) is 5.23. The SMILES string of the molecule is COc1cc(C(=O)N2CCN(C(=O)c3ccc(S(=O)(=O)C(F)(F)F)cc3)CC2)ccc1C. The van der Waals surface area contributed by atoms with Crippen LogP contribution in [-0.4, -0.2) is 68.8 Å². The maximum absolute atomic E-state index is 12.8. The molecule has 3 rings (SSSR count). The van der Waals surface area contributed by atoms with Gasteiger partial charge in [0.05, 0.1) is 12.0 Å². The van der Waals surface area contributed by atoms with Crippen molar-refractivity contribution in [3.63, 3.8) is 0 Å². The topological polar surface area (TPSA) is 84.0 Å². The van der Waals surface area contributed by atoms with Crippen LogP contribution >= 0.6 is 0 Å². The minimum absolute atomic E-state index is 0.0640. The molecule has 2 amide bonds. The summed E-state index contributed by atoms with van der Waals surface area (Å²) in [5, 5.41) is 0. The van der Waals surface area contributed by atoms with E-state index in [4.69, 9.17) is 4.74 Å².